The molecule has 0 aliphatic rings. The lowest BCUT2D eigenvalue weighted by Crippen LogP contribution is -2.41. The van der Waals surface area contributed by atoms with Gasteiger partial charge in [0.05, 0.1) is 0 Å². The summed E-state index contributed by atoms with van der Waals surface area (Å²) in [6, 6.07) is 1.82. The maximum Gasteiger partial charge on any atom is 0.363 e. The van der Waals surface area contributed by atoms with Crippen LogP contribution in [0.1, 0.15) is 20.3 Å². The third-order valence-corrected chi connectivity index (χ3v) is 4.09. The Hall–Kier alpha value is -1.58. The number of sulfonamides is 1. The van der Waals surface area contributed by atoms with Crippen molar-refractivity contribution in [1.29, 1.82) is 0 Å². The van der Waals surface area contributed by atoms with Gasteiger partial charge < -0.3 is 15.8 Å². The van der Waals surface area contributed by atoms with Gasteiger partial charge in [-0.3, -0.25) is 0 Å². The van der Waals surface area contributed by atoms with Gasteiger partial charge in [0.15, 0.2) is 6.20 Å². The van der Waals surface area contributed by atoms with Crippen LogP contribution in [0.15, 0.2) is 23.2 Å². The largest absolute Gasteiger partial charge is 0.363 e. The first kappa shape index (κ1) is 16.5. The minimum atomic E-state index is -3.77. The number of rotatable bonds is 7. The van der Waals surface area contributed by atoms with E-state index in [1.165, 1.54) is 0 Å². The number of pyridine rings is 1. The molecule has 1 rings (SSSR count). The van der Waals surface area contributed by atoms with Crippen LogP contribution in [0, 0.1) is 16.0 Å². The van der Waals surface area contributed by atoms with Crippen LogP contribution in [0.25, 0.3) is 0 Å². The van der Waals surface area contributed by atoms with E-state index >= 15 is 0 Å². The zero-order valence-corrected chi connectivity index (χ0v) is 12.1. The standard InChI is InChI=1S/C11H18N4O4S/c1-8(2)5-9(6-12)14-20(18,19)10-3-4-11(13-7-10)15(16)17/h3-4,7-9,14H,5-6,12H2,1-2H3. The molecule has 0 bridgehead atoms. The lowest BCUT2D eigenvalue weighted by atomic mass is 10.1. The van der Waals surface area contributed by atoms with E-state index in [1.807, 2.05) is 13.8 Å². The molecular formula is C11H18N4O4S. The number of hydrogen-bond donors (Lipinski definition) is 2. The van der Waals surface area contributed by atoms with Crippen LogP contribution >= 0.6 is 0 Å². The van der Waals surface area contributed by atoms with Crippen molar-refractivity contribution in [3.63, 3.8) is 0 Å². The van der Waals surface area contributed by atoms with Crippen LogP contribution in [0.2, 0.25) is 0 Å². The van der Waals surface area contributed by atoms with E-state index in [2.05, 4.69) is 9.71 Å². The lowest BCUT2D eigenvalue weighted by molar-refractivity contribution is -0.389. The molecule has 0 saturated carbocycles. The van der Waals surface area contributed by atoms with Crippen molar-refractivity contribution < 1.29 is 13.3 Å². The summed E-state index contributed by atoms with van der Waals surface area (Å²) in [4.78, 5) is 13.1. The monoisotopic (exact) mass is 302 g/mol. The molecule has 0 aromatic carbocycles. The highest BCUT2D eigenvalue weighted by atomic mass is 32.2. The van der Waals surface area contributed by atoms with Gasteiger partial charge in [-0.05, 0) is 28.3 Å². The second-order valence-corrected chi connectivity index (χ2v) is 6.51. The molecule has 1 aromatic heterocycles. The van der Waals surface area contributed by atoms with Crippen LogP contribution in [-0.4, -0.2) is 30.9 Å². The average Bonchev–Trinajstić information content (AvgIpc) is 2.37. The topological polar surface area (TPSA) is 128 Å². The summed E-state index contributed by atoms with van der Waals surface area (Å²) in [6.45, 7) is 4.10. The first-order valence-corrected chi connectivity index (χ1v) is 7.57. The van der Waals surface area contributed by atoms with Gasteiger partial charge in [0, 0.05) is 18.7 Å². The average molecular weight is 302 g/mol. The SMILES string of the molecule is CC(C)CC(CN)NS(=O)(=O)c1ccc([N+](=O)[O-])nc1. The summed E-state index contributed by atoms with van der Waals surface area (Å²) in [5.74, 6) is -0.109. The molecule has 0 aliphatic carbocycles. The summed E-state index contributed by atoms with van der Waals surface area (Å²) in [5.41, 5.74) is 5.54. The van der Waals surface area contributed by atoms with Crippen molar-refractivity contribution in [1.82, 2.24) is 9.71 Å². The highest BCUT2D eigenvalue weighted by molar-refractivity contribution is 7.89. The molecule has 0 saturated heterocycles. The third kappa shape index (κ3) is 4.51. The fourth-order valence-corrected chi connectivity index (χ4v) is 2.89. The van der Waals surface area contributed by atoms with E-state index in [0.29, 0.717) is 12.3 Å². The summed E-state index contributed by atoms with van der Waals surface area (Å²) in [7, 11) is -3.77. The van der Waals surface area contributed by atoms with Crippen LogP contribution in [0.3, 0.4) is 0 Å². The molecule has 0 fully saturated rings. The molecule has 1 atom stereocenters. The van der Waals surface area contributed by atoms with Crippen molar-refractivity contribution >= 4 is 15.8 Å². The quantitative estimate of drug-likeness (QED) is 0.562. The Labute approximate surface area is 117 Å². The van der Waals surface area contributed by atoms with Crippen LogP contribution in [0.4, 0.5) is 5.82 Å². The Morgan fingerprint density at radius 3 is 2.50 bits per heavy atom. The molecule has 112 valence electrons. The molecule has 0 amide bonds. The summed E-state index contributed by atoms with van der Waals surface area (Å²) in [6.07, 6.45) is 1.57. The van der Waals surface area contributed by atoms with Crippen molar-refractivity contribution in [2.45, 2.75) is 31.2 Å². The zero-order valence-electron chi connectivity index (χ0n) is 11.3. The Morgan fingerprint density at radius 2 is 2.10 bits per heavy atom. The van der Waals surface area contributed by atoms with E-state index in [1.54, 1.807) is 0 Å². The highest BCUT2D eigenvalue weighted by Gasteiger charge is 2.22. The van der Waals surface area contributed by atoms with Crippen molar-refractivity contribution in [2.75, 3.05) is 6.54 Å². The van der Waals surface area contributed by atoms with Gasteiger partial charge in [-0.25, -0.2) is 13.1 Å². The van der Waals surface area contributed by atoms with Crippen LogP contribution in [-0.2, 0) is 10.0 Å². The maximum absolute atomic E-state index is 12.1. The molecule has 1 heterocycles. The van der Waals surface area contributed by atoms with Gasteiger partial charge in [-0.15, -0.1) is 0 Å². The van der Waals surface area contributed by atoms with E-state index in [9.17, 15) is 18.5 Å². The molecule has 9 heteroatoms. The third-order valence-electron chi connectivity index (χ3n) is 2.58. The Kier molecular flexibility index (Phi) is 5.54. The van der Waals surface area contributed by atoms with Gasteiger partial charge in [0.1, 0.15) is 4.90 Å². The molecule has 8 nitrogen and oxygen atoms in total. The number of nitrogens with zero attached hydrogens (tertiary/aromatic N) is 2. The molecule has 20 heavy (non-hydrogen) atoms. The second kappa shape index (κ2) is 6.73. The van der Waals surface area contributed by atoms with Gasteiger partial charge in [-0.1, -0.05) is 13.8 Å². The first-order chi connectivity index (χ1) is 9.26. The normalized spacial score (nSPS) is 13.4. The fraction of sp³-hybridized carbons (Fsp3) is 0.545. The highest BCUT2D eigenvalue weighted by Crippen LogP contribution is 2.14. The van der Waals surface area contributed by atoms with Gasteiger partial charge >= 0.3 is 5.82 Å². The molecule has 0 aliphatic heterocycles. The molecule has 1 aromatic rings. The molecule has 1 unspecified atom stereocenters. The number of hydrogen-bond acceptors (Lipinski definition) is 6. The minimum Gasteiger partial charge on any atom is -0.358 e. The van der Waals surface area contributed by atoms with E-state index in [4.69, 9.17) is 5.73 Å². The predicted molar refractivity (Wildman–Crippen MR) is 73.5 cm³/mol. The Balaban J connectivity index is 2.90. The number of aromatic nitrogens is 1. The number of nitrogens with two attached hydrogens (primary N) is 1. The molecule has 0 radical (unpaired) electrons. The predicted octanol–water partition coefficient (Wildman–Crippen LogP) is 0.641. The molecule has 0 spiro atoms. The smallest absolute Gasteiger partial charge is 0.358 e. The lowest BCUT2D eigenvalue weighted by Gasteiger charge is -2.18. The Bertz CT molecular complexity index is 556. The van der Waals surface area contributed by atoms with Crippen molar-refractivity contribution in [2.24, 2.45) is 11.7 Å². The minimum absolute atomic E-state index is 0.120. The first-order valence-electron chi connectivity index (χ1n) is 6.09. The van der Waals surface area contributed by atoms with E-state index in [-0.39, 0.29) is 17.5 Å². The molecular weight excluding hydrogens is 284 g/mol. The summed E-state index contributed by atoms with van der Waals surface area (Å²) < 4.78 is 26.7. The summed E-state index contributed by atoms with van der Waals surface area (Å²) >= 11 is 0. The van der Waals surface area contributed by atoms with Crippen LogP contribution in [0.5, 0.6) is 0 Å². The van der Waals surface area contributed by atoms with Crippen molar-refractivity contribution in [3.8, 4) is 0 Å². The fourth-order valence-electron chi connectivity index (χ4n) is 1.69. The van der Waals surface area contributed by atoms with Gasteiger partial charge in [-0.2, -0.15) is 0 Å². The second-order valence-electron chi connectivity index (χ2n) is 4.79. The van der Waals surface area contributed by atoms with Crippen molar-refractivity contribution in [3.05, 3.63) is 28.4 Å². The number of nitro groups is 1. The molecule has 3 N–H and O–H groups in total. The van der Waals surface area contributed by atoms with E-state index in [0.717, 1.165) is 18.3 Å². The number of nitrogens with one attached hydrogen (secondary N) is 1. The van der Waals surface area contributed by atoms with Gasteiger partial charge in [0.25, 0.3) is 0 Å². The zero-order chi connectivity index (χ0) is 15.3. The van der Waals surface area contributed by atoms with Gasteiger partial charge in [0.2, 0.25) is 10.0 Å². The van der Waals surface area contributed by atoms with Crippen LogP contribution < -0.4 is 10.5 Å². The Morgan fingerprint density at radius 1 is 1.45 bits per heavy atom. The summed E-state index contributed by atoms with van der Waals surface area (Å²) in [5, 5.41) is 10.5. The maximum atomic E-state index is 12.1. The van der Waals surface area contributed by atoms with E-state index < -0.39 is 20.8 Å².